The fourth-order valence-corrected chi connectivity index (χ4v) is 1.29. The molecule has 1 atom stereocenters. The molecule has 0 amide bonds. The number of nitrogens with zero attached hydrogens (tertiary/aromatic N) is 1. The molecule has 0 saturated heterocycles. The summed E-state index contributed by atoms with van der Waals surface area (Å²) in [7, 11) is -1.12. The van der Waals surface area contributed by atoms with E-state index >= 15 is 0 Å². The van der Waals surface area contributed by atoms with Crippen molar-refractivity contribution >= 4 is 16.4 Å². The van der Waals surface area contributed by atoms with Crippen molar-refractivity contribution in [1.82, 2.24) is 4.90 Å². The van der Waals surface area contributed by atoms with Crippen molar-refractivity contribution < 1.29 is 26.7 Å². The molecule has 0 bridgehead atoms. The number of ether oxygens (including phenoxy) is 1. The molecule has 0 aliphatic heterocycles. The Morgan fingerprint density at radius 2 is 2.00 bits per heavy atom. The predicted octanol–water partition coefficient (Wildman–Crippen LogP) is -0.653. The first-order valence-electron chi connectivity index (χ1n) is 4.63. The van der Waals surface area contributed by atoms with Crippen LogP contribution in [0, 0.1) is 0 Å². The van der Waals surface area contributed by atoms with Crippen molar-refractivity contribution in [2.45, 2.75) is 19.4 Å². The van der Waals surface area contributed by atoms with Crippen molar-refractivity contribution in [2.75, 3.05) is 27.2 Å². The quantitative estimate of drug-likeness (QED) is 0.338. The summed E-state index contributed by atoms with van der Waals surface area (Å²) >= 11 is 0. The molecular formula is C8H16NO6S-. The fraction of sp³-hybridized carbons (Fsp3) is 0.875. The van der Waals surface area contributed by atoms with Crippen LogP contribution in [0.25, 0.3) is 0 Å². The van der Waals surface area contributed by atoms with Crippen molar-refractivity contribution in [2.24, 2.45) is 0 Å². The molecule has 0 heterocycles. The average molecular weight is 254 g/mol. The van der Waals surface area contributed by atoms with E-state index in [0.29, 0.717) is 13.0 Å². The molecule has 0 saturated carbocycles. The van der Waals surface area contributed by atoms with Crippen LogP contribution in [0.5, 0.6) is 0 Å². The van der Waals surface area contributed by atoms with Gasteiger partial charge in [-0.1, -0.05) is 0 Å². The maximum absolute atomic E-state index is 10.7. The topological polar surface area (TPSA) is 96.0 Å². The van der Waals surface area contributed by atoms with Crippen LogP contribution in [0.15, 0.2) is 0 Å². The highest BCUT2D eigenvalue weighted by atomic mass is 32.3. The van der Waals surface area contributed by atoms with Crippen LogP contribution >= 0.6 is 0 Å². The molecule has 0 N–H and O–H groups in total. The zero-order valence-corrected chi connectivity index (χ0v) is 10.3. The Kier molecular flexibility index (Phi) is 6.49. The number of carbonyl (C=O) groups excluding carboxylic acids is 1. The van der Waals surface area contributed by atoms with E-state index < -0.39 is 29.1 Å². The van der Waals surface area contributed by atoms with Gasteiger partial charge in [-0.3, -0.25) is 8.98 Å². The maximum Gasteiger partial charge on any atom is 0.302 e. The second kappa shape index (κ2) is 6.79. The summed E-state index contributed by atoms with van der Waals surface area (Å²) < 4.78 is 39.5. The average Bonchev–Trinajstić information content (AvgIpc) is 2.07. The van der Waals surface area contributed by atoms with E-state index in [1.165, 1.54) is 6.92 Å². The van der Waals surface area contributed by atoms with E-state index in [9.17, 15) is 17.8 Å². The van der Waals surface area contributed by atoms with E-state index in [4.69, 9.17) is 4.74 Å². The summed E-state index contributed by atoms with van der Waals surface area (Å²) in [6.07, 6.45) is -0.342. The minimum absolute atomic E-state index is 0.391. The minimum atomic E-state index is -4.75. The van der Waals surface area contributed by atoms with E-state index in [1.54, 1.807) is 0 Å². The fourth-order valence-electron chi connectivity index (χ4n) is 0.972. The molecule has 96 valence electrons. The Morgan fingerprint density at radius 3 is 2.38 bits per heavy atom. The Morgan fingerprint density at radius 1 is 1.44 bits per heavy atom. The SMILES string of the molecule is CC(=O)OC(CCN(C)C)COS(=O)(=O)[O-]. The van der Waals surface area contributed by atoms with E-state index in [-0.39, 0.29) is 0 Å². The highest BCUT2D eigenvalue weighted by Gasteiger charge is 2.14. The first kappa shape index (κ1) is 15.3. The molecule has 0 aromatic carbocycles. The summed E-state index contributed by atoms with van der Waals surface area (Å²) in [5.41, 5.74) is 0. The molecule has 0 spiro atoms. The van der Waals surface area contributed by atoms with Gasteiger partial charge in [-0.15, -0.1) is 0 Å². The van der Waals surface area contributed by atoms with Gasteiger partial charge in [0.2, 0.25) is 10.4 Å². The van der Waals surface area contributed by atoms with Crippen LogP contribution in [0.4, 0.5) is 0 Å². The van der Waals surface area contributed by atoms with Gasteiger partial charge in [-0.25, -0.2) is 8.42 Å². The highest BCUT2D eigenvalue weighted by molar-refractivity contribution is 7.80. The Balaban J connectivity index is 4.15. The predicted molar refractivity (Wildman–Crippen MR) is 54.4 cm³/mol. The van der Waals surface area contributed by atoms with Crippen molar-refractivity contribution in [3.05, 3.63) is 0 Å². The lowest BCUT2D eigenvalue weighted by atomic mass is 10.2. The molecule has 7 nitrogen and oxygen atoms in total. The molecule has 0 rings (SSSR count). The third kappa shape index (κ3) is 9.84. The standard InChI is InChI=1S/C8H17NO6S/c1-7(10)15-8(4-5-9(2)3)6-14-16(11,12)13/h8H,4-6H2,1-3H3,(H,11,12,13)/p-1. The summed E-state index contributed by atoms with van der Waals surface area (Å²) in [4.78, 5) is 12.5. The van der Waals surface area contributed by atoms with E-state index in [0.717, 1.165) is 0 Å². The summed E-state index contributed by atoms with van der Waals surface area (Å²) in [5.74, 6) is -0.546. The molecule has 0 aromatic rings. The summed E-state index contributed by atoms with van der Waals surface area (Å²) in [6, 6.07) is 0. The van der Waals surface area contributed by atoms with Gasteiger partial charge in [0.05, 0.1) is 0 Å². The van der Waals surface area contributed by atoms with E-state index in [2.05, 4.69) is 4.18 Å². The molecule has 8 heteroatoms. The van der Waals surface area contributed by atoms with Gasteiger partial charge in [0.1, 0.15) is 12.7 Å². The van der Waals surface area contributed by atoms with Crippen LogP contribution in [-0.4, -0.2) is 57.2 Å². The molecule has 0 fully saturated rings. The van der Waals surface area contributed by atoms with Gasteiger partial charge in [0.25, 0.3) is 0 Å². The van der Waals surface area contributed by atoms with Gasteiger partial charge < -0.3 is 14.2 Å². The van der Waals surface area contributed by atoms with E-state index in [1.807, 2.05) is 19.0 Å². The summed E-state index contributed by atoms with van der Waals surface area (Å²) in [6.45, 7) is 1.34. The lowest BCUT2D eigenvalue weighted by molar-refractivity contribution is -0.148. The number of rotatable bonds is 7. The minimum Gasteiger partial charge on any atom is -0.726 e. The van der Waals surface area contributed by atoms with Gasteiger partial charge in [0, 0.05) is 13.5 Å². The van der Waals surface area contributed by atoms with Crippen molar-refractivity contribution in [3.8, 4) is 0 Å². The monoisotopic (exact) mass is 254 g/mol. The molecule has 1 unspecified atom stereocenters. The number of hydrogen-bond acceptors (Lipinski definition) is 7. The zero-order valence-electron chi connectivity index (χ0n) is 9.50. The molecule has 0 aliphatic rings. The lowest BCUT2D eigenvalue weighted by Crippen LogP contribution is -2.28. The largest absolute Gasteiger partial charge is 0.726 e. The Hall–Kier alpha value is -0.700. The molecular weight excluding hydrogens is 238 g/mol. The normalized spacial score (nSPS) is 13.8. The van der Waals surface area contributed by atoms with Gasteiger partial charge in [-0.2, -0.15) is 0 Å². The van der Waals surface area contributed by atoms with Crippen LogP contribution in [0.1, 0.15) is 13.3 Å². The number of esters is 1. The molecule has 0 aliphatic carbocycles. The second-order valence-electron chi connectivity index (χ2n) is 3.52. The zero-order chi connectivity index (χ0) is 12.8. The number of carbonyl (C=O) groups is 1. The maximum atomic E-state index is 10.7. The van der Waals surface area contributed by atoms with Crippen LogP contribution in [0.2, 0.25) is 0 Å². The molecule has 0 radical (unpaired) electrons. The second-order valence-corrected chi connectivity index (χ2v) is 4.57. The van der Waals surface area contributed by atoms with Crippen LogP contribution in [0.3, 0.4) is 0 Å². The Labute approximate surface area is 95.3 Å². The first-order chi connectivity index (χ1) is 7.20. The summed E-state index contributed by atoms with van der Waals surface area (Å²) in [5, 5.41) is 0. The van der Waals surface area contributed by atoms with Gasteiger partial charge in [0.15, 0.2) is 0 Å². The smallest absolute Gasteiger partial charge is 0.302 e. The highest BCUT2D eigenvalue weighted by Crippen LogP contribution is 2.03. The van der Waals surface area contributed by atoms with Gasteiger partial charge >= 0.3 is 5.97 Å². The van der Waals surface area contributed by atoms with Crippen molar-refractivity contribution in [3.63, 3.8) is 0 Å². The van der Waals surface area contributed by atoms with Crippen molar-refractivity contribution in [1.29, 1.82) is 0 Å². The van der Waals surface area contributed by atoms with Crippen LogP contribution < -0.4 is 0 Å². The third-order valence-electron chi connectivity index (χ3n) is 1.63. The molecule has 16 heavy (non-hydrogen) atoms. The first-order valence-corrected chi connectivity index (χ1v) is 5.96. The van der Waals surface area contributed by atoms with Gasteiger partial charge in [-0.05, 0) is 20.5 Å². The Bertz CT molecular complexity index is 312. The molecule has 0 aromatic heterocycles. The lowest BCUT2D eigenvalue weighted by Gasteiger charge is -2.19. The van der Waals surface area contributed by atoms with Crippen LogP contribution in [-0.2, 0) is 24.1 Å². The third-order valence-corrected chi connectivity index (χ3v) is 2.05. The number of hydrogen-bond donors (Lipinski definition) is 0.